The smallest absolute Gasteiger partial charge is 0.255 e. The van der Waals surface area contributed by atoms with Crippen molar-refractivity contribution in [2.75, 3.05) is 36.4 Å². The number of hydrogen-bond donors (Lipinski definition) is 1. The lowest BCUT2D eigenvalue weighted by atomic mass is 10.1. The molecule has 3 rings (SSSR count). The molecule has 2 amide bonds. The first kappa shape index (κ1) is 19.9. The van der Waals surface area contributed by atoms with Gasteiger partial charge in [0.25, 0.3) is 11.8 Å². The number of amides is 2. The van der Waals surface area contributed by atoms with Crippen LogP contribution in [0.25, 0.3) is 0 Å². The maximum atomic E-state index is 12.7. The summed E-state index contributed by atoms with van der Waals surface area (Å²) in [7, 11) is 0. The molecule has 5 heteroatoms. The number of carbonyl (C=O) groups is 2. The topological polar surface area (TPSA) is 52.7 Å². The molecule has 0 spiro atoms. The van der Waals surface area contributed by atoms with E-state index in [1.54, 1.807) is 24.3 Å². The van der Waals surface area contributed by atoms with Gasteiger partial charge >= 0.3 is 0 Å². The van der Waals surface area contributed by atoms with Crippen LogP contribution in [-0.4, -0.2) is 42.9 Å². The van der Waals surface area contributed by atoms with Gasteiger partial charge in [-0.3, -0.25) is 9.59 Å². The van der Waals surface area contributed by atoms with Crippen molar-refractivity contribution in [3.05, 3.63) is 59.2 Å². The zero-order chi connectivity index (χ0) is 20.1. The van der Waals surface area contributed by atoms with Crippen molar-refractivity contribution in [2.45, 2.75) is 33.6 Å². The first-order chi connectivity index (χ1) is 13.5. The molecule has 2 aromatic rings. The summed E-state index contributed by atoms with van der Waals surface area (Å²) >= 11 is 0. The van der Waals surface area contributed by atoms with Crippen LogP contribution in [0, 0.1) is 6.92 Å². The lowest BCUT2D eigenvalue weighted by Gasteiger charge is -2.22. The van der Waals surface area contributed by atoms with E-state index in [1.165, 1.54) is 0 Å². The van der Waals surface area contributed by atoms with Gasteiger partial charge in [0.2, 0.25) is 0 Å². The molecule has 5 nitrogen and oxygen atoms in total. The summed E-state index contributed by atoms with van der Waals surface area (Å²) < 4.78 is 0. The molecule has 0 atom stereocenters. The Balaban J connectivity index is 1.74. The van der Waals surface area contributed by atoms with Crippen LogP contribution in [0.3, 0.4) is 0 Å². The van der Waals surface area contributed by atoms with Crippen molar-refractivity contribution in [1.29, 1.82) is 0 Å². The molecule has 0 aromatic heterocycles. The summed E-state index contributed by atoms with van der Waals surface area (Å²) in [6.07, 6.45) is 2.10. The molecule has 1 fully saturated rings. The van der Waals surface area contributed by atoms with Crippen molar-refractivity contribution in [1.82, 2.24) is 4.90 Å². The molecule has 0 bridgehead atoms. The summed E-state index contributed by atoms with van der Waals surface area (Å²) in [5.74, 6) is -0.193. The molecule has 0 radical (unpaired) electrons. The fraction of sp³-hybridized carbons (Fsp3) is 0.391. The van der Waals surface area contributed by atoms with Crippen LogP contribution in [0.4, 0.5) is 11.4 Å². The molecule has 148 valence electrons. The molecule has 0 saturated carbocycles. The van der Waals surface area contributed by atoms with Gasteiger partial charge in [0, 0.05) is 48.7 Å². The Labute approximate surface area is 167 Å². The number of carbonyl (C=O) groups excluding carboxylic acids is 2. The van der Waals surface area contributed by atoms with Crippen LogP contribution in [-0.2, 0) is 0 Å². The van der Waals surface area contributed by atoms with E-state index in [0.29, 0.717) is 11.1 Å². The number of likely N-dealkylation sites (tertiary alicyclic amines) is 1. The number of benzene rings is 2. The van der Waals surface area contributed by atoms with E-state index >= 15 is 0 Å². The Morgan fingerprint density at radius 1 is 1.00 bits per heavy atom. The van der Waals surface area contributed by atoms with Gasteiger partial charge in [-0.25, -0.2) is 0 Å². The Morgan fingerprint density at radius 2 is 1.68 bits per heavy atom. The quantitative estimate of drug-likeness (QED) is 0.813. The molecule has 28 heavy (non-hydrogen) atoms. The van der Waals surface area contributed by atoms with Gasteiger partial charge in [0.15, 0.2) is 0 Å². The standard InChI is InChI=1S/C23H29N3O2/c1-4-25(5-2)20-11-12-21(17(3)15-20)24-22(27)18-9-8-10-19(16-18)23(28)26-13-6-7-14-26/h8-12,15-16H,4-7,13-14H2,1-3H3,(H,24,27). The van der Waals surface area contributed by atoms with Gasteiger partial charge in [-0.2, -0.15) is 0 Å². The maximum Gasteiger partial charge on any atom is 0.255 e. The zero-order valence-electron chi connectivity index (χ0n) is 17.0. The molecule has 2 aromatic carbocycles. The summed E-state index contributed by atoms with van der Waals surface area (Å²) in [6.45, 7) is 9.74. The number of anilines is 2. The number of hydrogen-bond acceptors (Lipinski definition) is 3. The van der Waals surface area contributed by atoms with Gasteiger partial charge in [-0.05, 0) is 75.6 Å². The van der Waals surface area contributed by atoms with Crippen molar-refractivity contribution < 1.29 is 9.59 Å². The second kappa shape index (κ2) is 8.91. The highest BCUT2D eigenvalue weighted by molar-refractivity contribution is 6.06. The van der Waals surface area contributed by atoms with Crippen molar-refractivity contribution >= 4 is 23.2 Å². The Morgan fingerprint density at radius 3 is 2.32 bits per heavy atom. The minimum atomic E-state index is -0.199. The molecule has 1 aliphatic heterocycles. The van der Waals surface area contributed by atoms with Crippen LogP contribution in [0.2, 0.25) is 0 Å². The van der Waals surface area contributed by atoms with Crippen LogP contribution in [0.5, 0.6) is 0 Å². The molecule has 1 heterocycles. The van der Waals surface area contributed by atoms with E-state index in [2.05, 4.69) is 30.1 Å². The van der Waals surface area contributed by atoms with Crippen molar-refractivity contribution in [3.8, 4) is 0 Å². The fourth-order valence-corrected chi connectivity index (χ4v) is 3.66. The van der Waals surface area contributed by atoms with E-state index < -0.39 is 0 Å². The van der Waals surface area contributed by atoms with Gasteiger partial charge in [0.05, 0.1) is 0 Å². The second-order valence-electron chi connectivity index (χ2n) is 7.21. The molecule has 1 aliphatic rings. The van der Waals surface area contributed by atoms with E-state index in [-0.39, 0.29) is 11.8 Å². The maximum absolute atomic E-state index is 12.7. The largest absolute Gasteiger partial charge is 0.372 e. The van der Waals surface area contributed by atoms with Gasteiger partial charge < -0.3 is 15.1 Å². The van der Waals surface area contributed by atoms with Crippen LogP contribution in [0.1, 0.15) is 53.0 Å². The highest BCUT2D eigenvalue weighted by atomic mass is 16.2. The Hall–Kier alpha value is -2.82. The average molecular weight is 380 g/mol. The number of rotatable bonds is 6. The minimum Gasteiger partial charge on any atom is -0.372 e. The summed E-state index contributed by atoms with van der Waals surface area (Å²) in [5.41, 5.74) is 4.03. The zero-order valence-corrected chi connectivity index (χ0v) is 17.0. The monoisotopic (exact) mass is 379 g/mol. The van der Waals surface area contributed by atoms with Crippen LogP contribution < -0.4 is 10.2 Å². The third-order valence-electron chi connectivity index (χ3n) is 5.35. The Kier molecular flexibility index (Phi) is 6.34. The van der Waals surface area contributed by atoms with Gasteiger partial charge in [-0.1, -0.05) is 6.07 Å². The first-order valence-electron chi connectivity index (χ1n) is 10.1. The summed E-state index contributed by atoms with van der Waals surface area (Å²) in [4.78, 5) is 29.5. The summed E-state index contributed by atoms with van der Waals surface area (Å²) in [6, 6.07) is 13.1. The Bertz CT molecular complexity index is 853. The normalized spacial score (nSPS) is 13.5. The second-order valence-corrected chi connectivity index (χ2v) is 7.21. The third-order valence-corrected chi connectivity index (χ3v) is 5.35. The van der Waals surface area contributed by atoms with Gasteiger partial charge in [0.1, 0.15) is 0 Å². The molecular formula is C23H29N3O2. The lowest BCUT2D eigenvalue weighted by molar-refractivity contribution is 0.0793. The molecule has 0 unspecified atom stereocenters. The summed E-state index contributed by atoms with van der Waals surface area (Å²) in [5, 5.41) is 2.98. The van der Waals surface area contributed by atoms with Crippen LogP contribution >= 0.6 is 0 Å². The molecule has 1 saturated heterocycles. The van der Waals surface area contributed by atoms with Crippen molar-refractivity contribution in [2.24, 2.45) is 0 Å². The van der Waals surface area contributed by atoms with Crippen molar-refractivity contribution in [3.63, 3.8) is 0 Å². The molecule has 1 N–H and O–H groups in total. The average Bonchev–Trinajstić information content (AvgIpc) is 3.25. The van der Waals surface area contributed by atoms with E-state index in [1.807, 2.05) is 24.0 Å². The molecule has 0 aliphatic carbocycles. The predicted octanol–water partition coefficient (Wildman–Crippen LogP) is 4.33. The van der Waals surface area contributed by atoms with E-state index in [4.69, 9.17) is 0 Å². The first-order valence-corrected chi connectivity index (χ1v) is 10.1. The van der Waals surface area contributed by atoms with Gasteiger partial charge in [-0.15, -0.1) is 0 Å². The highest BCUT2D eigenvalue weighted by Gasteiger charge is 2.20. The lowest BCUT2D eigenvalue weighted by Crippen LogP contribution is -2.27. The van der Waals surface area contributed by atoms with E-state index in [9.17, 15) is 9.59 Å². The van der Waals surface area contributed by atoms with E-state index in [0.717, 1.165) is 56.0 Å². The molecular weight excluding hydrogens is 350 g/mol. The van der Waals surface area contributed by atoms with Crippen LogP contribution in [0.15, 0.2) is 42.5 Å². The number of nitrogens with zero attached hydrogens (tertiary/aromatic N) is 2. The third kappa shape index (κ3) is 4.35. The highest BCUT2D eigenvalue weighted by Crippen LogP contribution is 2.23. The number of nitrogens with one attached hydrogen (secondary N) is 1. The number of aryl methyl sites for hydroxylation is 1. The SMILES string of the molecule is CCN(CC)c1ccc(NC(=O)c2cccc(C(=O)N3CCCC3)c2)c(C)c1. The fourth-order valence-electron chi connectivity index (χ4n) is 3.66. The minimum absolute atomic E-state index is 0.00639. The predicted molar refractivity (Wildman–Crippen MR) is 114 cm³/mol.